The highest BCUT2D eigenvalue weighted by Crippen LogP contribution is 2.37. The topological polar surface area (TPSA) is 40.5 Å². The lowest BCUT2D eigenvalue weighted by Crippen LogP contribution is -2.24. The van der Waals surface area contributed by atoms with Crippen molar-refractivity contribution in [2.24, 2.45) is 5.92 Å². The van der Waals surface area contributed by atoms with Crippen molar-refractivity contribution in [2.75, 3.05) is 17.2 Å². The largest absolute Gasteiger partial charge is 0.504 e. The summed E-state index contributed by atoms with van der Waals surface area (Å²) in [6.07, 6.45) is 0.482. The molecule has 1 atom stereocenters. The zero-order valence-corrected chi connectivity index (χ0v) is 10.2. The average Bonchev–Trinajstić information content (AvgIpc) is 2.64. The van der Waals surface area contributed by atoms with Gasteiger partial charge in [-0.15, -0.1) is 0 Å². The number of aromatic hydroxyl groups is 1. The fourth-order valence-corrected chi connectivity index (χ4v) is 2.27. The molecule has 3 nitrogen and oxygen atoms in total. The van der Waals surface area contributed by atoms with Crippen LogP contribution in [-0.4, -0.2) is 23.3 Å². The molecule has 0 aliphatic carbocycles. The minimum atomic E-state index is -0.0302. The van der Waals surface area contributed by atoms with Crippen LogP contribution < -0.4 is 4.90 Å². The van der Waals surface area contributed by atoms with Crippen molar-refractivity contribution in [3.05, 3.63) is 23.2 Å². The third-order valence-electron chi connectivity index (χ3n) is 2.72. The van der Waals surface area contributed by atoms with E-state index in [1.165, 1.54) is 0 Å². The van der Waals surface area contributed by atoms with Crippen LogP contribution in [0.5, 0.6) is 5.75 Å². The maximum Gasteiger partial charge on any atom is 0.227 e. The van der Waals surface area contributed by atoms with Crippen LogP contribution in [0.3, 0.4) is 0 Å². The Balaban J connectivity index is 2.31. The number of hydrogen-bond acceptors (Lipinski definition) is 3. The summed E-state index contributed by atoms with van der Waals surface area (Å²) in [4.78, 5) is 13.3. The summed E-state index contributed by atoms with van der Waals surface area (Å²) in [5.41, 5.74) is 0.488. The summed E-state index contributed by atoms with van der Waals surface area (Å²) in [6, 6.07) is 5.01. The minimum Gasteiger partial charge on any atom is -0.504 e. The van der Waals surface area contributed by atoms with Crippen molar-refractivity contribution in [1.29, 1.82) is 0 Å². The fourth-order valence-electron chi connectivity index (χ4n) is 1.86. The molecular weight excluding hydrogens is 246 g/mol. The molecule has 1 unspecified atom stereocenters. The Morgan fingerprint density at radius 2 is 2.31 bits per heavy atom. The number of carbonyl (C=O) groups is 1. The predicted octanol–water partition coefficient (Wildman–Crippen LogP) is 2.33. The van der Waals surface area contributed by atoms with Gasteiger partial charge in [-0.3, -0.25) is 4.79 Å². The second kappa shape index (κ2) is 4.55. The molecule has 1 aromatic rings. The molecule has 1 aliphatic heterocycles. The van der Waals surface area contributed by atoms with E-state index in [1.807, 2.05) is 0 Å². The van der Waals surface area contributed by atoms with Crippen LogP contribution in [-0.2, 0) is 4.79 Å². The van der Waals surface area contributed by atoms with Gasteiger partial charge in [-0.1, -0.05) is 17.7 Å². The number of carbonyl (C=O) groups excluding carboxylic acids is 1. The number of rotatable bonds is 2. The second-order valence-corrected chi connectivity index (χ2v) is 4.64. The average molecular weight is 258 g/mol. The molecule has 1 saturated heterocycles. The Hall–Kier alpha value is -0.870. The van der Waals surface area contributed by atoms with Gasteiger partial charge < -0.3 is 10.0 Å². The molecule has 1 heterocycles. The highest BCUT2D eigenvalue weighted by Gasteiger charge is 2.31. The first-order chi connectivity index (χ1) is 7.63. The smallest absolute Gasteiger partial charge is 0.227 e. The minimum absolute atomic E-state index is 0.0108. The van der Waals surface area contributed by atoms with E-state index in [1.54, 1.807) is 23.1 Å². The van der Waals surface area contributed by atoms with Crippen molar-refractivity contribution in [1.82, 2.24) is 0 Å². The van der Waals surface area contributed by atoms with E-state index in [4.69, 9.17) is 11.6 Å². The molecule has 1 N–H and O–H groups in total. The predicted molar refractivity (Wildman–Crippen MR) is 67.4 cm³/mol. The molecule has 0 aromatic heterocycles. The lowest BCUT2D eigenvalue weighted by molar-refractivity contribution is -0.117. The van der Waals surface area contributed by atoms with E-state index in [-0.39, 0.29) is 22.6 Å². The van der Waals surface area contributed by atoms with Gasteiger partial charge in [0.2, 0.25) is 5.91 Å². The van der Waals surface area contributed by atoms with Crippen molar-refractivity contribution >= 4 is 35.8 Å². The van der Waals surface area contributed by atoms with Gasteiger partial charge in [-0.25, -0.2) is 0 Å². The number of hydrogen-bond donors (Lipinski definition) is 2. The summed E-state index contributed by atoms with van der Waals surface area (Å²) < 4.78 is 0. The molecule has 5 heteroatoms. The quantitative estimate of drug-likeness (QED) is 0.799. The normalized spacial score (nSPS) is 20.5. The third kappa shape index (κ3) is 1.99. The molecule has 0 radical (unpaired) electrons. The standard InChI is InChI=1S/C11H12ClNO2S/c12-8-2-1-3-9(11(8)15)13-5-7(6-16)4-10(13)14/h1-3,7,15-16H,4-6H2. The maximum absolute atomic E-state index is 11.7. The molecule has 1 aromatic carbocycles. The van der Waals surface area contributed by atoms with Crippen LogP contribution in [0.2, 0.25) is 5.02 Å². The first kappa shape index (κ1) is 11.6. The zero-order chi connectivity index (χ0) is 11.7. The third-order valence-corrected chi connectivity index (χ3v) is 3.54. The molecule has 1 fully saturated rings. The maximum atomic E-state index is 11.7. The van der Waals surface area contributed by atoms with Gasteiger partial charge in [0.05, 0.1) is 10.7 Å². The van der Waals surface area contributed by atoms with Crippen LogP contribution in [0.4, 0.5) is 5.69 Å². The summed E-state index contributed by atoms with van der Waals surface area (Å²) in [5, 5.41) is 10.1. The molecule has 2 rings (SSSR count). The first-order valence-corrected chi connectivity index (χ1v) is 6.03. The number of phenolic OH excluding ortho intramolecular Hbond substituents is 1. The van der Waals surface area contributed by atoms with Crippen LogP contribution in [0.25, 0.3) is 0 Å². The Bertz CT molecular complexity index is 424. The van der Waals surface area contributed by atoms with Gasteiger partial charge in [-0.05, 0) is 23.8 Å². The van der Waals surface area contributed by atoms with Crippen LogP contribution in [0, 0.1) is 5.92 Å². The summed E-state index contributed by atoms with van der Waals surface area (Å²) in [7, 11) is 0. The number of amides is 1. The number of anilines is 1. The molecule has 1 amide bonds. The van der Waals surface area contributed by atoms with Crippen LogP contribution in [0.15, 0.2) is 18.2 Å². The van der Waals surface area contributed by atoms with Crippen molar-refractivity contribution in [3.8, 4) is 5.75 Å². The van der Waals surface area contributed by atoms with Crippen molar-refractivity contribution < 1.29 is 9.90 Å². The van der Waals surface area contributed by atoms with E-state index in [0.717, 1.165) is 0 Å². The molecule has 1 aliphatic rings. The number of para-hydroxylation sites is 1. The number of thiol groups is 1. The fraction of sp³-hybridized carbons (Fsp3) is 0.364. The van der Waals surface area contributed by atoms with Crippen LogP contribution in [0.1, 0.15) is 6.42 Å². The summed E-state index contributed by atoms with van der Waals surface area (Å²) in [5.74, 6) is 0.895. The van der Waals surface area contributed by atoms with Crippen molar-refractivity contribution in [2.45, 2.75) is 6.42 Å². The Kier molecular flexibility index (Phi) is 3.30. The highest BCUT2D eigenvalue weighted by atomic mass is 35.5. The lowest BCUT2D eigenvalue weighted by Gasteiger charge is -2.18. The second-order valence-electron chi connectivity index (χ2n) is 3.86. The van der Waals surface area contributed by atoms with Gasteiger partial charge in [0.1, 0.15) is 0 Å². The van der Waals surface area contributed by atoms with Crippen molar-refractivity contribution in [3.63, 3.8) is 0 Å². The molecule has 16 heavy (non-hydrogen) atoms. The Morgan fingerprint density at radius 3 is 2.94 bits per heavy atom. The molecule has 0 saturated carbocycles. The SMILES string of the molecule is O=C1CC(CS)CN1c1cccc(Cl)c1O. The van der Waals surface area contributed by atoms with Gasteiger partial charge in [0.15, 0.2) is 5.75 Å². The number of nitrogens with zero attached hydrogens (tertiary/aromatic N) is 1. The van der Waals surface area contributed by atoms with E-state index in [0.29, 0.717) is 24.4 Å². The Labute approximate surface area is 104 Å². The Morgan fingerprint density at radius 1 is 1.56 bits per heavy atom. The van der Waals surface area contributed by atoms with E-state index in [9.17, 15) is 9.90 Å². The molecule has 0 spiro atoms. The lowest BCUT2D eigenvalue weighted by atomic mass is 10.1. The van der Waals surface area contributed by atoms with E-state index >= 15 is 0 Å². The molecule has 0 bridgehead atoms. The number of halogens is 1. The summed E-state index contributed by atoms with van der Waals surface area (Å²) >= 11 is 10.00. The van der Waals surface area contributed by atoms with Gasteiger partial charge in [-0.2, -0.15) is 12.6 Å². The molecular formula is C11H12ClNO2S. The van der Waals surface area contributed by atoms with Gasteiger partial charge >= 0.3 is 0 Å². The molecule has 86 valence electrons. The van der Waals surface area contributed by atoms with E-state index < -0.39 is 0 Å². The summed E-state index contributed by atoms with van der Waals surface area (Å²) in [6.45, 7) is 0.593. The van der Waals surface area contributed by atoms with Crippen LogP contribution >= 0.6 is 24.2 Å². The van der Waals surface area contributed by atoms with E-state index in [2.05, 4.69) is 12.6 Å². The number of phenols is 1. The van der Waals surface area contributed by atoms with Gasteiger partial charge in [0.25, 0.3) is 0 Å². The number of benzene rings is 1. The monoisotopic (exact) mass is 257 g/mol. The highest BCUT2D eigenvalue weighted by molar-refractivity contribution is 7.80. The zero-order valence-electron chi connectivity index (χ0n) is 8.56. The first-order valence-electron chi connectivity index (χ1n) is 5.02. The van der Waals surface area contributed by atoms with Gasteiger partial charge in [0, 0.05) is 13.0 Å².